The summed E-state index contributed by atoms with van der Waals surface area (Å²) in [5.74, 6) is 0.989. The summed E-state index contributed by atoms with van der Waals surface area (Å²) >= 11 is 12.0. The Hall–Kier alpha value is -0.990. The summed E-state index contributed by atoms with van der Waals surface area (Å²) in [4.78, 5) is 4.25. The minimum atomic E-state index is 0.660. The molecule has 1 aromatic carbocycles. The first-order chi connectivity index (χ1) is 7.58. The van der Waals surface area contributed by atoms with Crippen LogP contribution in [-0.2, 0) is 6.54 Å². The molecule has 4 heteroatoms. The highest BCUT2D eigenvalue weighted by atomic mass is 35.5. The van der Waals surface area contributed by atoms with Crippen molar-refractivity contribution >= 4 is 23.2 Å². The van der Waals surface area contributed by atoms with Crippen LogP contribution in [0.3, 0.4) is 0 Å². The molecular formula is C12H12Cl2N2. The number of halogens is 2. The molecule has 0 aliphatic rings. The molecule has 0 fully saturated rings. The van der Waals surface area contributed by atoms with Gasteiger partial charge in [0.25, 0.3) is 0 Å². The largest absolute Gasteiger partial charge is 0.328 e. The van der Waals surface area contributed by atoms with Crippen LogP contribution < -0.4 is 0 Å². The second-order valence-electron chi connectivity index (χ2n) is 3.77. The first-order valence-electron chi connectivity index (χ1n) is 5.00. The van der Waals surface area contributed by atoms with Gasteiger partial charge in [0.1, 0.15) is 5.82 Å². The minimum Gasteiger partial charge on any atom is -0.328 e. The number of nitrogens with zero attached hydrogens (tertiary/aromatic N) is 2. The molecule has 0 saturated carbocycles. The Morgan fingerprint density at radius 1 is 1.25 bits per heavy atom. The molecule has 0 atom stereocenters. The van der Waals surface area contributed by atoms with Crippen LogP contribution in [0.5, 0.6) is 0 Å². The Kier molecular flexibility index (Phi) is 3.22. The van der Waals surface area contributed by atoms with Crippen LogP contribution in [0.1, 0.15) is 17.1 Å². The number of benzene rings is 1. The molecule has 0 radical (unpaired) electrons. The van der Waals surface area contributed by atoms with Gasteiger partial charge in [0.15, 0.2) is 0 Å². The van der Waals surface area contributed by atoms with Gasteiger partial charge in [0.05, 0.1) is 6.54 Å². The van der Waals surface area contributed by atoms with Gasteiger partial charge in [-0.25, -0.2) is 4.98 Å². The van der Waals surface area contributed by atoms with Crippen LogP contribution in [0.4, 0.5) is 0 Å². The average Bonchev–Trinajstić information content (AvgIpc) is 2.53. The van der Waals surface area contributed by atoms with E-state index in [9.17, 15) is 0 Å². The Labute approximate surface area is 105 Å². The fourth-order valence-corrected chi connectivity index (χ4v) is 2.11. The van der Waals surface area contributed by atoms with E-state index in [1.165, 1.54) is 0 Å². The van der Waals surface area contributed by atoms with Gasteiger partial charge in [-0.05, 0) is 31.5 Å². The second kappa shape index (κ2) is 4.48. The molecule has 0 amide bonds. The SMILES string of the molecule is Cc1cnc(C)n1Cc1ccc(Cl)cc1Cl. The number of hydrogen-bond donors (Lipinski definition) is 0. The molecule has 0 N–H and O–H groups in total. The van der Waals surface area contributed by atoms with Crippen molar-refractivity contribution in [3.8, 4) is 0 Å². The molecule has 16 heavy (non-hydrogen) atoms. The molecule has 84 valence electrons. The van der Waals surface area contributed by atoms with Crippen molar-refractivity contribution in [2.45, 2.75) is 20.4 Å². The first-order valence-corrected chi connectivity index (χ1v) is 5.76. The first kappa shape index (κ1) is 11.5. The Balaban J connectivity index is 2.34. The van der Waals surface area contributed by atoms with E-state index in [1.54, 1.807) is 6.07 Å². The third-order valence-corrected chi connectivity index (χ3v) is 3.19. The van der Waals surface area contributed by atoms with E-state index in [0.29, 0.717) is 10.0 Å². The molecule has 1 heterocycles. The van der Waals surface area contributed by atoms with Crippen LogP contribution in [-0.4, -0.2) is 9.55 Å². The average molecular weight is 255 g/mol. The minimum absolute atomic E-state index is 0.660. The summed E-state index contributed by atoms with van der Waals surface area (Å²) in [7, 11) is 0. The van der Waals surface area contributed by atoms with Gasteiger partial charge in [0.2, 0.25) is 0 Å². The van der Waals surface area contributed by atoms with E-state index >= 15 is 0 Å². The fourth-order valence-electron chi connectivity index (χ4n) is 1.64. The number of imidazole rings is 1. The van der Waals surface area contributed by atoms with Crippen LogP contribution in [0.15, 0.2) is 24.4 Å². The fraction of sp³-hybridized carbons (Fsp3) is 0.250. The summed E-state index contributed by atoms with van der Waals surface area (Å²) in [5, 5.41) is 1.35. The quantitative estimate of drug-likeness (QED) is 0.796. The van der Waals surface area contributed by atoms with E-state index in [-0.39, 0.29) is 0 Å². The van der Waals surface area contributed by atoms with Gasteiger partial charge in [0, 0.05) is 21.9 Å². The lowest BCUT2D eigenvalue weighted by atomic mass is 10.2. The smallest absolute Gasteiger partial charge is 0.106 e. The highest BCUT2D eigenvalue weighted by Crippen LogP contribution is 2.22. The standard InChI is InChI=1S/C12H12Cl2N2/c1-8-6-15-9(2)16(8)7-10-3-4-11(13)5-12(10)14/h3-6H,7H2,1-2H3. The van der Waals surface area contributed by atoms with Crippen molar-refractivity contribution in [1.29, 1.82) is 0 Å². The molecular weight excluding hydrogens is 243 g/mol. The molecule has 1 aromatic heterocycles. The van der Waals surface area contributed by atoms with Crippen LogP contribution in [0, 0.1) is 13.8 Å². The zero-order chi connectivity index (χ0) is 11.7. The third-order valence-electron chi connectivity index (χ3n) is 2.60. The van der Waals surface area contributed by atoms with Crippen molar-refractivity contribution in [2.75, 3.05) is 0 Å². The summed E-state index contributed by atoms with van der Waals surface area (Å²) < 4.78 is 2.12. The molecule has 0 aliphatic carbocycles. The number of hydrogen-bond acceptors (Lipinski definition) is 1. The van der Waals surface area contributed by atoms with Gasteiger partial charge in [-0.3, -0.25) is 0 Å². The predicted molar refractivity (Wildman–Crippen MR) is 67.3 cm³/mol. The van der Waals surface area contributed by atoms with Gasteiger partial charge in [-0.2, -0.15) is 0 Å². The van der Waals surface area contributed by atoms with E-state index in [0.717, 1.165) is 23.6 Å². The Bertz CT molecular complexity index is 498. The van der Waals surface area contributed by atoms with E-state index in [4.69, 9.17) is 23.2 Å². The van der Waals surface area contributed by atoms with Gasteiger partial charge in [-0.15, -0.1) is 0 Å². The van der Waals surface area contributed by atoms with Crippen molar-refractivity contribution in [1.82, 2.24) is 9.55 Å². The van der Waals surface area contributed by atoms with Crippen molar-refractivity contribution in [2.24, 2.45) is 0 Å². The number of aromatic nitrogens is 2. The highest BCUT2D eigenvalue weighted by molar-refractivity contribution is 6.35. The topological polar surface area (TPSA) is 17.8 Å². The van der Waals surface area contributed by atoms with Crippen molar-refractivity contribution in [3.05, 3.63) is 51.5 Å². The zero-order valence-electron chi connectivity index (χ0n) is 9.17. The lowest BCUT2D eigenvalue weighted by Crippen LogP contribution is -2.04. The third kappa shape index (κ3) is 2.23. The molecule has 2 rings (SSSR count). The monoisotopic (exact) mass is 254 g/mol. The van der Waals surface area contributed by atoms with Gasteiger partial charge < -0.3 is 4.57 Å². The summed E-state index contributed by atoms with van der Waals surface area (Å²) in [6, 6.07) is 5.56. The highest BCUT2D eigenvalue weighted by Gasteiger charge is 2.06. The number of rotatable bonds is 2. The summed E-state index contributed by atoms with van der Waals surface area (Å²) in [6.45, 7) is 4.74. The van der Waals surface area contributed by atoms with E-state index in [2.05, 4.69) is 9.55 Å². The maximum absolute atomic E-state index is 6.13. The normalized spacial score (nSPS) is 10.8. The predicted octanol–water partition coefficient (Wildman–Crippen LogP) is 3.86. The van der Waals surface area contributed by atoms with E-state index < -0.39 is 0 Å². The molecule has 0 unspecified atom stereocenters. The Morgan fingerprint density at radius 3 is 2.56 bits per heavy atom. The second-order valence-corrected chi connectivity index (χ2v) is 4.61. The van der Waals surface area contributed by atoms with Crippen LogP contribution >= 0.6 is 23.2 Å². The van der Waals surface area contributed by atoms with Crippen molar-refractivity contribution < 1.29 is 0 Å². The summed E-state index contributed by atoms with van der Waals surface area (Å²) in [6.07, 6.45) is 1.86. The maximum Gasteiger partial charge on any atom is 0.106 e. The van der Waals surface area contributed by atoms with Gasteiger partial charge in [-0.1, -0.05) is 29.3 Å². The van der Waals surface area contributed by atoms with Gasteiger partial charge >= 0.3 is 0 Å². The zero-order valence-corrected chi connectivity index (χ0v) is 10.7. The molecule has 2 aromatic rings. The lowest BCUT2D eigenvalue weighted by Gasteiger charge is -2.09. The van der Waals surface area contributed by atoms with Crippen LogP contribution in [0.2, 0.25) is 10.0 Å². The molecule has 2 nitrogen and oxygen atoms in total. The lowest BCUT2D eigenvalue weighted by molar-refractivity contribution is 0.738. The molecule has 0 saturated heterocycles. The molecule has 0 bridgehead atoms. The van der Waals surface area contributed by atoms with Crippen LogP contribution in [0.25, 0.3) is 0 Å². The molecule has 0 aliphatic heterocycles. The summed E-state index contributed by atoms with van der Waals surface area (Å²) in [5.41, 5.74) is 2.18. The maximum atomic E-state index is 6.13. The molecule has 0 spiro atoms. The Morgan fingerprint density at radius 2 is 2.00 bits per heavy atom. The van der Waals surface area contributed by atoms with Crippen molar-refractivity contribution in [3.63, 3.8) is 0 Å². The van der Waals surface area contributed by atoms with E-state index in [1.807, 2.05) is 32.2 Å². The number of aryl methyl sites for hydroxylation is 2.